The predicted octanol–water partition coefficient (Wildman–Crippen LogP) is 3.53. The number of ether oxygens (including phenoxy) is 1. The molecule has 2 nitrogen and oxygen atoms in total. The van der Waals surface area contributed by atoms with Gasteiger partial charge in [-0.25, -0.2) is 0 Å². The first kappa shape index (κ1) is 13.0. The number of benzene rings is 1. The Morgan fingerprint density at radius 1 is 1.44 bits per heavy atom. The van der Waals surface area contributed by atoms with Crippen LogP contribution in [0.1, 0.15) is 30.9 Å². The number of hydrogen-bond donors (Lipinski definition) is 0. The van der Waals surface area contributed by atoms with E-state index in [0.29, 0.717) is 13.0 Å². The molecule has 88 valence electrons. The lowest BCUT2D eigenvalue weighted by molar-refractivity contribution is -0.143. The molecule has 3 heteroatoms. The van der Waals surface area contributed by atoms with E-state index in [1.165, 1.54) is 5.56 Å². The molecule has 0 N–H and O–H groups in total. The van der Waals surface area contributed by atoms with Gasteiger partial charge in [0.2, 0.25) is 0 Å². The maximum Gasteiger partial charge on any atom is 0.305 e. The Hall–Kier alpha value is -1.02. The van der Waals surface area contributed by atoms with Crippen molar-refractivity contribution in [2.45, 2.75) is 33.1 Å². The van der Waals surface area contributed by atoms with Crippen molar-refractivity contribution in [3.63, 3.8) is 0 Å². The van der Waals surface area contributed by atoms with Crippen molar-refractivity contribution >= 4 is 17.6 Å². The SMILES string of the molecule is CCOC(=O)CCCc1ccc(Cl)c(C)c1. The first-order valence-electron chi connectivity index (χ1n) is 5.54. The Kier molecular flexibility index (Phi) is 5.33. The normalized spacial score (nSPS) is 10.2. The highest BCUT2D eigenvalue weighted by atomic mass is 35.5. The van der Waals surface area contributed by atoms with Gasteiger partial charge in [-0.1, -0.05) is 23.7 Å². The fraction of sp³-hybridized carbons (Fsp3) is 0.462. The monoisotopic (exact) mass is 240 g/mol. The zero-order valence-corrected chi connectivity index (χ0v) is 10.5. The molecule has 0 aliphatic rings. The molecule has 0 fully saturated rings. The van der Waals surface area contributed by atoms with Gasteiger partial charge in [0, 0.05) is 11.4 Å². The lowest BCUT2D eigenvalue weighted by Gasteiger charge is -2.04. The van der Waals surface area contributed by atoms with Crippen LogP contribution in [0.25, 0.3) is 0 Å². The summed E-state index contributed by atoms with van der Waals surface area (Å²) >= 11 is 5.93. The molecule has 0 atom stereocenters. The minimum atomic E-state index is -0.117. The number of halogens is 1. The zero-order valence-electron chi connectivity index (χ0n) is 9.75. The molecule has 0 saturated heterocycles. The van der Waals surface area contributed by atoms with Crippen LogP contribution in [-0.4, -0.2) is 12.6 Å². The smallest absolute Gasteiger partial charge is 0.305 e. The van der Waals surface area contributed by atoms with Crippen molar-refractivity contribution in [1.29, 1.82) is 0 Å². The Morgan fingerprint density at radius 2 is 2.19 bits per heavy atom. The molecule has 0 spiro atoms. The lowest BCUT2D eigenvalue weighted by atomic mass is 10.1. The van der Waals surface area contributed by atoms with Gasteiger partial charge in [0.05, 0.1) is 6.61 Å². The summed E-state index contributed by atoms with van der Waals surface area (Å²) in [5.41, 5.74) is 2.29. The summed E-state index contributed by atoms with van der Waals surface area (Å²) in [5.74, 6) is -0.117. The summed E-state index contributed by atoms with van der Waals surface area (Å²) in [7, 11) is 0. The summed E-state index contributed by atoms with van der Waals surface area (Å²) < 4.78 is 4.86. The molecule has 0 unspecified atom stereocenters. The fourth-order valence-corrected chi connectivity index (χ4v) is 1.65. The quantitative estimate of drug-likeness (QED) is 0.736. The van der Waals surface area contributed by atoms with Crippen molar-refractivity contribution in [3.05, 3.63) is 34.3 Å². The van der Waals surface area contributed by atoms with Gasteiger partial charge in [0.15, 0.2) is 0 Å². The number of rotatable bonds is 5. The minimum Gasteiger partial charge on any atom is -0.466 e. The molecule has 0 bridgehead atoms. The largest absolute Gasteiger partial charge is 0.466 e. The molecule has 0 aliphatic heterocycles. The molecule has 1 rings (SSSR count). The molecule has 0 saturated carbocycles. The Balaban J connectivity index is 2.37. The van der Waals surface area contributed by atoms with Gasteiger partial charge in [0.1, 0.15) is 0 Å². The summed E-state index contributed by atoms with van der Waals surface area (Å²) in [6, 6.07) is 5.96. The zero-order chi connectivity index (χ0) is 12.0. The summed E-state index contributed by atoms with van der Waals surface area (Å²) in [5, 5.41) is 0.786. The highest BCUT2D eigenvalue weighted by Crippen LogP contribution is 2.17. The van der Waals surface area contributed by atoms with E-state index in [1.54, 1.807) is 0 Å². The molecule has 1 aromatic rings. The second-order valence-electron chi connectivity index (χ2n) is 3.74. The maximum atomic E-state index is 11.1. The van der Waals surface area contributed by atoms with E-state index >= 15 is 0 Å². The van der Waals surface area contributed by atoms with Gasteiger partial charge < -0.3 is 4.74 Å². The van der Waals surface area contributed by atoms with Crippen molar-refractivity contribution in [1.82, 2.24) is 0 Å². The van der Waals surface area contributed by atoms with Gasteiger partial charge in [-0.2, -0.15) is 0 Å². The third-order valence-electron chi connectivity index (χ3n) is 2.37. The van der Waals surface area contributed by atoms with Crippen LogP contribution in [0, 0.1) is 6.92 Å². The van der Waals surface area contributed by atoms with E-state index in [-0.39, 0.29) is 5.97 Å². The number of hydrogen-bond acceptors (Lipinski definition) is 2. The van der Waals surface area contributed by atoms with Crippen molar-refractivity contribution in [2.75, 3.05) is 6.61 Å². The van der Waals surface area contributed by atoms with E-state index < -0.39 is 0 Å². The number of aryl methyl sites for hydroxylation is 2. The van der Waals surface area contributed by atoms with E-state index in [9.17, 15) is 4.79 Å². The van der Waals surface area contributed by atoms with Crippen LogP contribution in [-0.2, 0) is 16.0 Å². The van der Waals surface area contributed by atoms with Crippen molar-refractivity contribution in [3.8, 4) is 0 Å². The van der Waals surface area contributed by atoms with E-state index in [4.69, 9.17) is 16.3 Å². The summed E-state index contributed by atoms with van der Waals surface area (Å²) in [6.45, 7) is 4.26. The standard InChI is InChI=1S/C13H17ClO2/c1-3-16-13(15)6-4-5-11-7-8-12(14)10(2)9-11/h7-9H,3-6H2,1-2H3. The van der Waals surface area contributed by atoms with Crippen LogP contribution in [0.5, 0.6) is 0 Å². The number of carbonyl (C=O) groups excluding carboxylic acids is 1. The highest BCUT2D eigenvalue weighted by molar-refractivity contribution is 6.31. The Morgan fingerprint density at radius 3 is 2.81 bits per heavy atom. The average Bonchev–Trinajstić information content (AvgIpc) is 2.24. The van der Waals surface area contributed by atoms with E-state index in [0.717, 1.165) is 23.4 Å². The van der Waals surface area contributed by atoms with Crippen LogP contribution in [0.15, 0.2) is 18.2 Å². The molecule has 16 heavy (non-hydrogen) atoms. The fourth-order valence-electron chi connectivity index (χ4n) is 1.53. The van der Waals surface area contributed by atoms with Gasteiger partial charge in [-0.05, 0) is 43.9 Å². The number of esters is 1. The third kappa shape index (κ3) is 4.23. The first-order chi connectivity index (χ1) is 7.63. The van der Waals surface area contributed by atoms with Crippen LogP contribution in [0.2, 0.25) is 5.02 Å². The highest BCUT2D eigenvalue weighted by Gasteiger charge is 2.02. The van der Waals surface area contributed by atoms with Gasteiger partial charge >= 0.3 is 5.97 Å². The van der Waals surface area contributed by atoms with Gasteiger partial charge in [-0.15, -0.1) is 0 Å². The van der Waals surface area contributed by atoms with E-state index in [1.807, 2.05) is 26.0 Å². The summed E-state index contributed by atoms with van der Waals surface area (Å²) in [4.78, 5) is 11.1. The second-order valence-corrected chi connectivity index (χ2v) is 4.15. The molecular formula is C13H17ClO2. The first-order valence-corrected chi connectivity index (χ1v) is 5.92. The average molecular weight is 241 g/mol. The second kappa shape index (κ2) is 6.54. The van der Waals surface area contributed by atoms with Crippen LogP contribution in [0.3, 0.4) is 0 Å². The lowest BCUT2D eigenvalue weighted by Crippen LogP contribution is -2.04. The van der Waals surface area contributed by atoms with E-state index in [2.05, 4.69) is 6.07 Å². The maximum absolute atomic E-state index is 11.1. The van der Waals surface area contributed by atoms with Crippen LogP contribution >= 0.6 is 11.6 Å². The predicted molar refractivity (Wildman–Crippen MR) is 65.8 cm³/mol. The molecule has 0 radical (unpaired) electrons. The van der Waals surface area contributed by atoms with Crippen molar-refractivity contribution < 1.29 is 9.53 Å². The van der Waals surface area contributed by atoms with Crippen LogP contribution < -0.4 is 0 Å². The Labute approximate surface area is 102 Å². The van der Waals surface area contributed by atoms with Crippen molar-refractivity contribution in [2.24, 2.45) is 0 Å². The molecule has 1 aromatic carbocycles. The van der Waals surface area contributed by atoms with Crippen LogP contribution in [0.4, 0.5) is 0 Å². The molecular weight excluding hydrogens is 224 g/mol. The van der Waals surface area contributed by atoms with Gasteiger partial charge in [0.25, 0.3) is 0 Å². The summed E-state index contributed by atoms with van der Waals surface area (Å²) in [6.07, 6.45) is 2.19. The molecule has 0 amide bonds. The number of carbonyl (C=O) groups is 1. The Bertz CT molecular complexity index is 361. The molecule has 0 aromatic heterocycles. The molecule has 0 heterocycles. The molecule has 0 aliphatic carbocycles. The van der Waals surface area contributed by atoms with Gasteiger partial charge in [-0.3, -0.25) is 4.79 Å². The topological polar surface area (TPSA) is 26.3 Å². The minimum absolute atomic E-state index is 0.117. The third-order valence-corrected chi connectivity index (χ3v) is 2.80.